The molecular weight excluding hydrogens is 414 g/mol. The Balaban J connectivity index is 1.46. The average molecular weight is 444 g/mol. The monoisotopic (exact) mass is 443 g/mol. The number of likely N-dealkylation sites (tertiary alicyclic amines) is 1. The summed E-state index contributed by atoms with van der Waals surface area (Å²) >= 11 is 3.33. The highest BCUT2D eigenvalue weighted by Crippen LogP contribution is 2.39. The van der Waals surface area contributed by atoms with Crippen LogP contribution >= 0.6 is 23.1 Å². The molecule has 0 radical (unpaired) electrons. The van der Waals surface area contributed by atoms with Gasteiger partial charge >= 0.3 is 0 Å². The molecule has 2 aliphatic rings. The molecule has 160 valence electrons. The number of rotatable bonds is 4. The summed E-state index contributed by atoms with van der Waals surface area (Å²) in [6.45, 7) is 8.48. The van der Waals surface area contributed by atoms with Crippen molar-refractivity contribution in [2.45, 2.75) is 64.5 Å². The van der Waals surface area contributed by atoms with E-state index < -0.39 is 0 Å². The van der Waals surface area contributed by atoms with E-state index in [1.165, 1.54) is 34.0 Å². The summed E-state index contributed by atoms with van der Waals surface area (Å²) in [6, 6.07) is 0. The largest absolute Gasteiger partial charge is 0.342 e. The molecule has 0 spiro atoms. The van der Waals surface area contributed by atoms with Crippen LogP contribution in [0.1, 0.15) is 56.3 Å². The van der Waals surface area contributed by atoms with Crippen LogP contribution in [0.5, 0.6) is 0 Å². The lowest BCUT2D eigenvalue weighted by Crippen LogP contribution is -2.38. The zero-order chi connectivity index (χ0) is 20.8. The molecule has 4 heterocycles. The number of hydrogen-bond donors (Lipinski definition) is 0. The highest BCUT2D eigenvalue weighted by Gasteiger charge is 2.26. The van der Waals surface area contributed by atoms with Gasteiger partial charge < -0.3 is 4.90 Å². The van der Waals surface area contributed by atoms with Crippen molar-refractivity contribution < 1.29 is 4.79 Å². The second-order valence-corrected chi connectivity index (χ2v) is 10.9. The number of fused-ring (bicyclic) bond motifs is 5. The molecule has 6 nitrogen and oxygen atoms in total. The van der Waals surface area contributed by atoms with E-state index in [0.717, 1.165) is 78.5 Å². The van der Waals surface area contributed by atoms with Gasteiger partial charge in [-0.05, 0) is 49.5 Å². The summed E-state index contributed by atoms with van der Waals surface area (Å²) in [6.07, 6.45) is 6.49. The molecule has 1 atom stereocenters. The molecule has 0 saturated carbocycles. The fourth-order valence-electron chi connectivity index (χ4n) is 4.68. The molecule has 1 amide bonds. The Bertz CT molecular complexity index is 1100. The first-order valence-corrected chi connectivity index (χ1v) is 12.9. The van der Waals surface area contributed by atoms with Crippen molar-refractivity contribution in [3.63, 3.8) is 0 Å². The number of thioether (sulfide) groups is 1. The van der Waals surface area contributed by atoms with E-state index in [9.17, 15) is 4.79 Å². The molecule has 3 aromatic rings. The maximum Gasteiger partial charge on any atom is 0.233 e. The Hall–Kier alpha value is -1.67. The van der Waals surface area contributed by atoms with E-state index in [-0.39, 0.29) is 5.91 Å². The fraction of sp³-hybridized carbons (Fsp3) is 0.636. The van der Waals surface area contributed by atoms with Crippen molar-refractivity contribution in [1.82, 2.24) is 24.5 Å². The lowest BCUT2D eigenvalue weighted by atomic mass is 9.89. The van der Waals surface area contributed by atoms with Crippen LogP contribution in [0.2, 0.25) is 0 Å². The number of carbonyl (C=O) groups is 1. The first-order valence-electron chi connectivity index (χ1n) is 11.1. The molecule has 0 N–H and O–H groups in total. The van der Waals surface area contributed by atoms with Gasteiger partial charge in [0.2, 0.25) is 5.91 Å². The number of aromatic nitrogens is 4. The SMILES string of the molecule is CCc1nc2sc3c(c2c2nnc(SCC(=O)N4CCC(C)CC4)n12)CCC(C)C3. The second kappa shape index (κ2) is 8.11. The third kappa shape index (κ3) is 3.51. The number of amides is 1. The summed E-state index contributed by atoms with van der Waals surface area (Å²) < 4.78 is 2.10. The molecular formula is C22H29N5OS2. The minimum Gasteiger partial charge on any atom is -0.342 e. The number of carbonyl (C=O) groups excluding carboxylic acids is 1. The van der Waals surface area contributed by atoms with Crippen molar-refractivity contribution in [2.75, 3.05) is 18.8 Å². The molecule has 1 unspecified atom stereocenters. The van der Waals surface area contributed by atoms with Gasteiger partial charge in [0.1, 0.15) is 10.7 Å². The molecule has 8 heteroatoms. The van der Waals surface area contributed by atoms with E-state index in [1.807, 2.05) is 16.2 Å². The van der Waals surface area contributed by atoms with Crippen LogP contribution < -0.4 is 0 Å². The van der Waals surface area contributed by atoms with E-state index in [1.54, 1.807) is 0 Å². The normalized spacial score (nSPS) is 20.2. The van der Waals surface area contributed by atoms with Crippen LogP contribution in [0.15, 0.2) is 5.16 Å². The Morgan fingerprint density at radius 1 is 1.17 bits per heavy atom. The van der Waals surface area contributed by atoms with Crippen molar-refractivity contribution in [1.29, 1.82) is 0 Å². The van der Waals surface area contributed by atoms with Gasteiger partial charge in [0.25, 0.3) is 0 Å². The Morgan fingerprint density at radius 3 is 2.73 bits per heavy atom. The predicted molar refractivity (Wildman–Crippen MR) is 122 cm³/mol. The van der Waals surface area contributed by atoms with Gasteiger partial charge in [-0.15, -0.1) is 21.5 Å². The number of piperidine rings is 1. The van der Waals surface area contributed by atoms with Gasteiger partial charge in [-0.1, -0.05) is 32.5 Å². The van der Waals surface area contributed by atoms with Crippen LogP contribution in [-0.2, 0) is 24.1 Å². The average Bonchev–Trinajstić information content (AvgIpc) is 3.32. The number of thiophene rings is 1. The molecule has 5 rings (SSSR count). The van der Waals surface area contributed by atoms with Gasteiger partial charge in [-0.3, -0.25) is 9.20 Å². The summed E-state index contributed by atoms with van der Waals surface area (Å²) in [5, 5.41) is 11.1. The summed E-state index contributed by atoms with van der Waals surface area (Å²) in [5.74, 6) is 3.06. The summed E-state index contributed by atoms with van der Waals surface area (Å²) in [7, 11) is 0. The molecule has 1 aliphatic heterocycles. The minimum atomic E-state index is 0.206. The van der Waals surface area contributed by atoms with Crippen molar-refractivity contribution in [3.05, 3.63) is 16.3 Å². The van der Waals surface area contributed by atoms with Crippen LogP contribution in [-0.4, -0.2) is 49.2 Å². The first kappa shape index (κ1) is 20.2. The standard InChI is InChI=1S/C22H29N5OS2/c1-4-17-23-21-19(15-6-5-14(3)11-16(15)30-21)20-24-25-22(27(17)20)29-12-18(28)26-9-7-13(2)8-10-26/h13-14H,4-12H2,1-3H3. The zero-order valence-electron chi connectivity index (χ0n) is 18.0. The summed E-state index contributed by atoms with van der Waals surface area (Å²) in [4.78, 5) is 22.3. The smallest absolute Gasteiger partial charge is 0.233 e. The van der Waals surface area contributed by atoms with Crippen LogP contribution in [0.4, 0.5) is 0 Å². The quantitative estimate of drug-likeness (QED) is 0.560. The lowest BCUT2D eigenvalue weighted by molar-refractivity contribution is -0.129. The lowest BCUT2D eigenvalue weighted by Gasteiger charge is -2.30. The molecule has 1 fully saturated rings. The maximum absolute atomic E-state index is 12.7. The van der Waals surface area contributed by atoms with Crippen LogP contribution in [0.25, 0.3) is 15.9 Å². The van der Waals surface area contributed by atoms with Crippen LogP contribution in [0.3, 0.4) is 0 Å². The predicted octanol–water partition coefficient (Wildman–Crippen LogP) is 4.38. The maximum atomic E-state index is 12.7. The number of aryl methyl sites for hydroxylation is 2. The Kier molecular flexibility index (Phi) is 5.47. The van der Waals surface area contributed by atoms with E-state index in [2.05, 4.69) is 35.4 Å². The van der Waals surface area contributed by atoms with E-state index in [0.29, 0.717) is 5.75 Å². The minimum absolute atomic E-state index is 0.206. The molecule has 1 aliphatic carbocycles. The molecule has 0 bridgehead atoms. The van der Waals surface area contributed by atoms with Gasteiger partial charge in [-0.2, -0.15) is 0 Å². The fourth-order valence-corrected chi connectivity index (χ4v) is 6.93. The number of hydrogen-bond acceptors (Lipinski definition) is 6. The molecule has 3 aromatic heterocycles. The van der Waals surface area contributed by atoms with Crippen molar-refractivity contribution in [3.8, 4) is 0 Å². The van der Waals surface area contributed by atoms with Gasteiger partial charge in [-0.25, -0.2) is 4.98 Å². The third-order valence-electron chi connectivity index (χ3n) is 6.62. The Morgan fingerprint density at radius 2 is 1.97 bits per heavy atom. The highest BCUT2D eigenvalue weighted by atomic mass is 32.2. The van der Waals surface area contributed by atoms with Crippen LogP contribution in [0, 0.1) is 11.8 Å². The Labute approximate surface area is 185 Å². The molecule has 30 heavy (non-hydrogen) atoms. The number of nitrogens with zero attached hydrogens (tertiary/aromatic N) is 5. The highest BCUT2D eigenvalue weighted by molar-refractivity contribution is 7.99. The van der Waals surface area contributed by atoms with Crippen molar-refractivity contribution >= 4 is 44.9 Å². The van der Waals surface area contributed by atoms with E-state index in [4.69, 9.17) is 4.98 Å². The van der Waals surface area contributed by atoms with Crippen molar-refractivity contribution in [2.24, 2.45) is 11.8 Å². The van der Waals surface area contributed by atoms with Gasteiger partial charge in [0.05, 0.1) is 11.1 Å². The van der Waals surface area contributed by atoms with Gasteiger partial charge in [0, 0.05) is 24.4 Å². The molecule has 1 saturated heterocycles. The summed E-state index contributed by atoms with van der Waals surface area (Å²) in [5.41, 5.74) is 2.35. The first-order chi connectivity index (χ1) is 14.5. The zero-order valence-corrected chi connectivity index (χ0v) is 19.6. The third-order valence-corrected chi connectivity index (χ3v) is 8.68. The van der Waals surface area contributed by atoms with E-state index >= 15 is 0 Å². The topological polar surface area (TPSA) is 63.4 Å². The van der Waals surface area contributed by atoms with Gasteiger partial charge in [0.15, 0.2) is 10.8 Å². The second-order valence-electron chi connectivity index (χ2n) is 8.91. The molecule has 0 aromatic carbocycles.